The zero-order valence-electron chi connectivity index (χ0n) is 11.5. The van der Waals surface area contributed by atoms with Crippen molar-refractivity contribution in [3.05, 3.63) is 29.8 Å². The van der Waals surface area contributed by atoms with Crippen LogP contribution in [0.15, 0.2) is 24.3 Å². The number of hydrogen-bond acceptors (Lipinski definition) is 3. The van der Waals surface area contributed by atoms with E-state index in [-0.39, 0.29) is 0 Å². The molecule has 1 aromatic rings. The van der Waals surface area contributed by atoms with E-state index in [1.807, 2.05) is 27.2 Å². The first kappa shape index (κ1) is 17.5. The molecule has 0 bridgehead atoms. The summed E-state index contributed by atoms with van der Waals surface area (Å²) in [5.41, 5.74) is 1.29. The van der Waals surface area contributed by atoms with Crippen molar-refractivity contribution in [1.82, 2.24) is 4.48 Å². The lowest BCUT2D eigenvalue weighted by atomic mass is 10.1. The molecule has 0 fully saturated rings. The molecule has 7 nitrogen and oxygen atoms in total. The van der Waals surface area contributed by atoms with Crippen molar-refractivity contribution < 1.29 is 28.7 Å². The van der Waals surface area contributed by atoms with E-state index in [1.165, 1.54) is 0 Å². The fourth-order valence-electron chi connectivity index (χ4n) is 1.74. The van der Waals surface area contributed by atoms with E-state index in [9.17, 15) is 14.0 Å². The Kier molecular flexibility index (Phi) is 4.99. The maximum atomic E-state index is 11.2. The normalized spacial score (nSPS) is 17.6. The summed E-state index contributed by atoms with van der Waals surface area (Å²) in [6.45, 7) is 0. The highest BCUT2D eigenvalue weighted by atomic mass is 31.2. The Labute approximate surface area is 117 Å². The van der Waals surface area contributed by atoms with E-state index in [0.29, 0.717) is 10.0 Å². The Balaban J connectivity index is 3.14. The number of benzene rings is 1. The fourth-order valence-corrected chi connectivity index (χ4v) is 4.15. The summed E-state index contributed by atoms with van der Waals surface area (Å²) in [4.78, 5) is 38.3. The van der Waals surface area contributed by atoms with E-state index in [4.69, 9.17) is 14.7 Å². The first-order valence-electron chi connectivity index (χ1n) is 5.81. The molecule has 0 aliphatic rings. The van der Waals surface area contributed by atoms with E-state index in [2.05, 4.69) is 0 Å². The fraction of sp³-hybridized carbons (Fsp3) is 0.455. The van der Waals surface area contributed by atoms with Gasteiger partial charge in [-0.2, -0.15) is 0 Å². The van der Waals surface area contributed by atoms with Crippen molar-refractivity contribution in [2.45, 2.75) is 11.8 Å². The minimum absolute atomic E-state index is 0.435. The van der Waals surface area contributed by atoms with Crippen LogP contribution < -0.4 is 9.38 Å². The van der Waals surface area contributed by atoms with Gasteiger partial charge in [0.1, 0.15) is 18.7 Å². The zero-order valence-corrected chi connectivity index (χ0v) is 13.3. The van der Waals surface area contributed by atoms with Gasteiger partial charge in [-0.25, -0.2) is 0 Å². The highest BCUT2D eigenvalue weighted by Crippen LogP contribution is 2.58. The third-order valence-electron chi connectivity index (χ3n) is 2.87. The monoisotopic (exact) mass is 323 g/mol. The largest absolute Gasteiger partial charge is 0.778 e. The third kappa shape index (κ3) is 4.79. The molecule has 0 heterocycles. The van der Waals surface area contributed by atoms with Crippen LogP contribution in [0.3, 0.4) is 0 Å². The second kappa shape index (κ2) is 5.70. The lowest BCUT2D eigenvalue weighted by molar-refractivity contribution is -0.194. The first-order valence-corrected chi connectivity index (χ1v) is 9.14. The lowest BCUT2D eigenvalue weighted by Crippen LogP contribution is -2.34. The Morgan fingerprint density at radius 1 is 1.20 bits per heavy atom. The number of quaternary nitrogens is 1. The Morgan fingerprint density at radius 3 is 2.15 bits per heavy atom. The van der Waals surface area contributed by atoms with Gasteiger partial charge >= 0.3 is 7.60 Å². The molecule has 3 N–H and O–H groups in total. The second-order valence-corrected chi connectivity index (χ2v) is 9.48. The molecule has 0 amide bonds. The van der Waals surface area contributed by atoms with Gasteiger partial charge in [-0.15, -0.1) is 0 Å². The van der Waals surface area contributed by atoms with Gasteiger partial charge < -0.3 is 24.1 Å². The molecular formula is C11H19NO6P2. The van der Waals surface area contributed by atoms with Gasteiger partial charge in [-0.3, -0.25) is 9.05 Å². The summed E-state index contributed by atoms with van der Waals surface area (Å²) in [7, 11) is -4.37. The molecule has 9 heteroatoms. The summed E-state index contributed by atoms with van der Waals surface area (Å²) in [6, 6.07) is 6.74. The predicted molar refractivity (Wildman–Crippen MR) is 75.4 cm³/mol. The first-order chi connectivity index (χ1) is 8.82. The smallest absolute Gasteiger partial charge is 0.337 e. The van der Waals surface area contributed by atoms with Crippen LogP contribution in [0.1, 0.15) is 5.56 Å². The molecule has 0 spiro atoms. The molecule has 0 aliphatic heterocycles. The summed E-state index contributed by atoms with van der Waals surface area (Å²) < 4.78 is 22.8. The number of nitrogens with zero attached hydrogens (tertiary/aromatic N) is 1. The summed E-state index contributed by atoms with van der Waals surface area (Å²) in [6.07, 6.45) is -0.435. The van der Waals surface area contributed by atoms with Crippen molar-refractivity contribution in [3.8, 4) is 0 Å². The highest BCUT2D eigenvalue weighted by Gasteiger charge is 2.37. The van der Waals surface area contributed by atoms with E-state index >= 15 is 0 Å². The van der Waals surface area contributed by atoms with Crippen molar-refractivity contribution in [3.63, 3.8) is 0 Å². The van der Waals surface area contributed by atoms with Crippen LogP contribution in [0.2, 0.25) is 0 Å². The molecule has 0 aliphatic carbocycles. The highest BCUT2D eigenvalue weighted by molar-refractivity contribution is 7.70. The summed E-state index contributed by atoms with van der Waals surface area (Å²) in [5, 5.41) is -2.11. The van der Waals surface area contributed by atoms with Crippen molar-refractivity contribution in [1.29, 1.82) is 0 Å². The quantitative estimate of drug-likeness (QED) is 0.536. The van der Waals surface area contributed by atoms with Gasteiger partial charge in [0.05, 0.1) is 21.1 Å². The summed E-state index contributed by atoms with van der Waals surface area (Å²) >= 11 is 0. The second-order valence-electron chi connectivity index (χ2n) is 5.52. The Morgan fingerprint density at radius 2 is 1.75 bits per heavy atom. The predicted octanol–water partition coefficient (Wildman–Crippen LogP) is 0.475. The van der Waals surface area contributed by atoms with E-state index in [1.54, 1.807) is 18.2 Å². The van der Waals surface area contributed by atoms with Gasteiger partial charge in [0.15, 0.2) is 0 Å². The molecule has 1 aromatic carbocycles. The minimum atomic E-state index is -5.14. The van der Waals surface area contributed by atoms with Gasteiger partial charge in [0.25, 0.3) is 0 Å². The molecule has 0 aromatic heterocycles. The van der Waals surface area contributed by atoms with Gasteiger partial charge in [-0.1, -0.05) is 12.1 Å². The van der Waals surface area contributed by atoms with Crippen molar-refractivity contribution >= 4 is 20.9 Å². The van der Waals surface area contributed by atoms with Crippen LogP contribution in [0, 0.1) is 0 Å². The molecule has 0 saturated heterocycles. The maximum Gasteiger partial charge on any atom is 0.337 e. The average molecular weight is 323 g/mol. The van der Waals surface area contributed by atoms with Crippen LogP contribution in [0.25, 0.3) is 0 Å². The molecule has 2 unspecified atom stereocenters. The van der Waals surface area contributed by atoms with Crippen LogP contribution >= 0.6 is 15.2 Å². The SMILES string of the molecule is C[N+](C)(C)c1cccc(CC(P(=O)([O-])O)P(=O)(O)O)c1. The molecule has 114 valence electrons. The average Bonchev–Trinajstić information content (AvgIpc) is 2.22. The van der Waals surface area contributed by atoms with E-state index < -0.39 is 27.0 Å². The Hall–Kier alpha value is -0.520. The van der Waals surface area contributed by atoms with Crippen LogP contribution in [-0.2, 0) is 15.6 Å². The summed E-state index contributed by atoms with van der Waals surface area (Å²) in [5.74, 6) is 0. The molecule has 2 atom stereocenters. The molecule has 20 heavy (non-hydrogen) atoms. The van der Waals surface area contributed by atoms with Gasteiger partial charge in [0.2, 0.25) is 0 Å². The van der Waals surface area contributed by atoms with Gasteiger partial charge in [0, 0.05) is 6.07 Å². The standard InChI is InChI=1S/C11H19NO6P2/c1-12(2,3)10-6-4-5-9(7-10)8-11(19(13,14)15)20(16,17)18/h4-7,11H,8H2,1-3H3,(H3-,13,14,15,16,17,18). The number of hydrogen-bond donors (Lipinski definition) is 3. The topological polar surface area (TPSA) is 118 Å². The zero-order chi connectivity index (χ0) is 15.8. The third-order valence-corrected chi connectivity index (χ3v) is 6.54. The van der Waals surface area contributed by atoms with E-state index in [0.717, 1.165) is 5.69 Å². The molecule has 0 saturated carbocycles. The molecule has 0 radical (unpaired) electrons. The minimum Gasteiger partial charge on any atom is -0.778 e. The van der Waals surface area contributed by atoms with Crippen molar-refractivity contribution in [2.75, 3.05) is 21.1 Å². The van der Waals surface area contributed by atoms with Crippen LogP contribution in [-0.4, -0.2) is 41.2 Å². The molecular weight excluding hydrogens is 304 g/mol. The number of rotatable bonds is 5. The van der Waals surface area contributed by atoms with Crippen LogP contribution in [0.5, 0.6) is 0 Å². The Bertz CT molecular complexity index is 549. The van der Waals surface area contributed by atoms with Crippen LogP contribution in [0.4, 0.5) is 5.69 Å². The van der Waals surface area contributed by atoms with Gasteiger partial charge in [-0.05, 0) is 18.1 Å². The molecule has 1 rings (SSSR count). The maximum absolute atomic E-state index is 11.2. The lowest BCUT2D eigenvalue weighted by Gasteiger charge is -2.28. The van der Waals surface area contributed by atoms with Crippen molar-refractivity contribution in [2.24, 2.45) is 0 Å².